The van der Waals surface area contributed by atoms with Crippen molar-refractivity contribution in [3.05, 3.63) is 65.7 Å². The van der Waals surface area contributed by atoms with Crippen molar-refractivity contribution in [3.63, 3.8) is 0 Å². The van der Waals surface area contributed by atoms with Gasteiger partial charge in [0, 0.05) is 0 Å². The van der Waals surface area contributed by atoms with Crippen LogP contribution in [0.25, 0.3) is 0 Å². The second-order valence-electron chi connectivity index (χ2n) is 5.34. The number of rotatable bonds is 5. The number of nitrogens with zero attached hydrogens (tertiary/aromatic N) is 1. The molecule has 0 radical (unpaired) electrons. The molecule has 0 amide bonds. The first-order valence-electron chi connectivity index (χ1n) is 7.29. The Balaban J connectivity index is 2.39. The van der Waals surface area contributed by atoms with Gasteiger partial charge in [0.05, 0.1) is 11.0 Å². The van der Waals surface area contributed by atoms with Crippen molar-refractivity contribution in [1.29, 1.82) is 5.26 Å². The molecule has 3 nitrogen and oxygen atoms in total. The Morgan fingerprint density at radius 1 is 1.00 bits per heavy atom. The Hall–Kier alpha value is -2.12. The van der Waals surface area contributed by atoms with Crippen LogP contribution in [0.4, 0.5) is 0 Å². The van der Waals surface area contributed by atoms with Crippen molar-refractivity contribution >= 4 is 9.84 Å². The molecule has 4 heteroatoms. The zero-order chi connectivity index (χ0) is 16.2. The van der Waals surface area contributed by atoms with Crippen LogP contribution in [-0.2, 0) is 9.84 Å². The van der Waals surface area contributed by atoms with Gasteiger partial charge in [-0.15, -0.1) is 0 Å². The molecular formula is C18H19NO2S. The lowest BCUT2D eigenvalue weighted by Crippen LogP contribution is -2.12. The molecule has 0 aliphatic rings. The molecule has 0 fully saturated rings. The SMILES string of the molecule is CCC(C)c1ccc(C(C#N)S(=O)(=O)c2ccccc2)cc1. The summed E-state index contributed by atoms with van der Waals surface area (Å²) >= 11 is 0. The standard InChI is InChI=1S/C18H19NO2S/c1-3-14(2)15-9-11-16(12-10-15)18(13-19)22(20,21)17-7-5-4-6-8-17/h4-12,14,18H,3H2,1-2H3. The van der Waals surface area contributed by atoms with Gasteiger partial charge in [0.25, 0.3) is 0 Å². The van der Waals surface area contributed by atoms with Gasteiger partial charge in [-0.2, -0.15) is 5.26 Å². The summed E-state index contributed by atoms with van der Waals surface area (Å²) in [7, 11) is -3.70. The van der Waals surface area contributed by atoms with E-state index in [4.69, 9.17) is 0 Å². The third-order valence-corrected chi connectivity index (χ3v) is 5.85. The molecule has 2 aromatic carbocycles. The molecule has 0 aromatic heterocycles. The molecule has 0 saturated carbocycles. The molecule has 0 saturated heterocycles. The van der Waals surface area contributed by atoms with Gasteiger partial charge < -0.3 is 0 Å². The predicted molar refractivity (Wildman–Crippen MR) is 87.1 cm³/mol. The van der Waals surface area contributed by atoms with Gasteiger partial charge in [-0.3, -0.25) is 0 Å². The number of sulfone groups is 1. The van der Waals surface area contributed by atoms with Crippen LogP contribution in [0.15, 0.2) is 59.5 Å². The van der Waals surface area contributed by atoms with Crippen LogP contribution < -0.4 is 0 Å². The predicted octanol–water partition coefficient (Wildman–Crippen LogP) is 4.24. The minimum absolute atomic E-state index is 0.174. The summed E-state index contributed by atoms with van der Waals surface area (Å²) in [5, 5.41) is 8.19. The van der Waals surface area contributed by atoms with Crippen LogP contribution >= 0.6 is 0 Å². The van der Waals surface area contributed by atoms with Crippen molar-refractivity contribution < 1.29 is 8.42 Å². The Bertz CT molecular complexity index is 759. The molecule has 2 aromatic rings. The van der Waals surface area contributed by atoms with Gasteiger partial charge in [-0.05, 0) is 35.6 Å². The highest BCUT2D eigenvalue weighted by Crippen LogP contribution is 2.29. The summed E-state index contributed by atoms with van der Waals surface area (Å²) in [6.45, 7) is 4.23. The van der Waals surface area contributed by atoms with Crippen LogP contribution in [0.2, 0.25) is 0 Å². The van der Waals surface area contributed by atoms with Crippen molar-refractivity contribution in [1.82, 2.24) is 0 Å². The van der Waals surface area contributed by atoms with E-state index in [1.54, 1.807) is 30.3 Å². The van der Waals surface area contributed by atoms with Gasteiger partial charge in [0.15, 0.2) is 15.1 Å². The minimum atomic E-state index is -3.70. The average molecular weight is 313 g/mol. The van der Waals surface area contributed by atoms with Crippen LogP contribution in [-0.4, -0.2) is 8.42 Å². The summed E-state index contributed by atoms with van der Waals surface area (Å²) in [4.78, 5) is 0.174. The van der Waals surface area contributed by atoms with E-state index < -0.39 is 15.1 Å². The monoisotopic (exact) mass is 313 g/mol. The van der Waals surface area contributed by atoms with Crippen molar-refractivity contribution in [2.75, 3.05) is 0 Å². The van der Waals surface area contributed by atoms with E-state index in [1.165, 1.54) is 12.1 Å². The zero-order valence-corrected chi connectivity index (χ0v) is 13.5. The van der Waals surface area contributed by atoms with Gasteiger partial charge in [0.2, 0.25) is 0 Å². The van der Waals surface area contributed by atoms with Gasteiger partial charge in [-0.1, -0.05) is 56.3 Å². The first kappa shape index (κ1) is 16.3. The Morgan fingerprint density at radius 3 is 2.05 bits per heavy atom. The quantitative estimate of drug-likeness (QED) is 0.829. The molecule has 0 bridgehead atoms. The zero-order valence-electron chi connectivity index (χ0n) is 12.7. The van der Waals surface area contributed by atoms with Crippen LogP contribution in [0.1, 0.15) is 42.6 Å². The fourth-order valence-electron chi connectivity index (χ4n) is 2.30. The third-order valence-electron chi connectivity index (χ3n) is 3.92. The molecule has 0 aliphatic carbocycles. The van der Waals surface area contributed by atoms with E-state index in [-0.39, 0.29) is 4.90 Å². The van der Waals surface area contributed by atoms with Gasteiger partial charge >= 0.3 is 0 Å². The Kier molecular flexibility index (Phi) is 4.99. The van der Waals surface area contributed by atoms with E-state index in [0.29, 0.717) is 11.5 Å². The van der Waals surface area contributed by atoms with Crippen molar-refractivity contribution in [2.45, 2.75) is 36.3 Å². The average Bonchev–Trinajstić information content (AvgIpc) is 2.56. The number of hydrogen-bond acceptors (Lipinski definition) is 3. The normalized spacial score (nSPS) is 14.0. The molecule has 0 spiro atoms. The lowest BCUT2D eigenvalue weighted by atomic mass is 9.97. The molecule has 2 unspecified atom stereocenters. The second-order valence-corrected chi connectivity index (χ2v) is 7.38. The summed E-state index contributed by atoms with van der Waals surface area (Å²) in [5.74, 6) is 0.417. The lowest BCUT2D eigenvalue weighted by Gasteiger charge is -2.13. The van der Waals surface area contributed by atoms with E-state index in [0.717, 1.165) is 12.0 Å². The maximum Gasteiger partial charge on any atom is 0.198 e. The highest BCUT2D eigenvalue weighted by Gasteiger charge is 2.28. The molecule has 2 rings (SSSR count). The van der Waals surface area contributed by atoms with Gasteiger partial charge in [-0.25, -0.2) is 8.42 Å². The third kappa shape index (κ3) is 3.20. The lowest BCUT2D eigenvalue weighted by molar-refractivity contribution is 0.591. The van der Waals surface area contributed by atoms with Crippen LogP contribution in [0, 0.1) is 11.3 Å². The Labute approximate surface area is 132 Å². The largest absolute Gasteiger partial charge is 0.222 e. The summed E-state index contributed by atoms with van der Waals surface area (Å²) < 4.78 is 25.2. The van der Waals surface area contributed by atoms with Crippen molar-refractivity contribution in [2.24, 2.45) is 0 Å². The highest BCUT2D eigenvalue weighted by atomic mass is 32.2. The van der Waals surface area contributed by atoms with E-state index in [9.17, 15) is 13.7 Å². The maximum absolute atomic E-state index is 12.6. The topological polar surface area (TPSA) is 57.9 Å². The molecule has 0 heterocycles. The fourth-order valence-corrected chi connectivity index (χ4v) is 3.77. The first-order valence-corrected chi connectivity index (χ1v) is 8.83. The summed E-state index contributed by atoms with van der Waals surface area (Å²) in [5.41, 5.74) is 1.67. The maximum atomic E-state index is 12.6. The molecule has 114 valence electrons. The van der Waals surface area contributed by atoms with Crippen LogP contribution in [0.3, 0.4) is 0 Å². The second kappa shape index (κ2) is 6.76. The van der Waals surface area contributed by atoms with Crippen LogP contribution in [0.5, 0.6) is 0 Å². The summed E-state index contributed by atoms with van der Waals surface area (Å²) in [6, 6.07) is 17.4. The molecule has 0 aliphatic heterocycles. The van der Waals surface area contributed by atoms with E-state index in [2.05, 4.69) is 13.8 Å². The number of nitriles is 1. The summed E-state index contributed by atoms with van der Waals surface area (Å²) in [6.07, 6.45) is 1.02. The van der Waals surface area contributed by atoms with Gasteiger partial charge in [0.1, 0.15) is 0 Å². The molecule has 2 atom stereocenters. The molecule has 0 N–H and O–H groups in total. The highest BCUT2D eigenvalue weighted by molar-refractivity contribution is 7.92. The smallest absolute Gasteiger partial charge is 0.198 e. The fraction of sp³-hybridized carbons (Fsp3) is 0.278. The first-order chi connectivity index (χ1) is 10.5. The van der Waals surface area contributed by atoms with Crippen molar-refractivity contribution in [3.8, 4) is 6.07 Å². The molecule has 22 heavy (non-hydrogen) atoms. The van der Waals surface area contributed by atoms with E-state index >= 15 is 0 Å². The Morgan fingerprint density at radius 2 is 1.55 bits per heavy atom. The minimum Gasteiger partial charge on any atom is -0.222 e. The number of hydrogen-bond donors (Lipinski definition) is 0. The molecular weight excluding hydrogens is 294 g/mol. The number of benzene rings is 2. The van der Waals surface area contributed by atoms with E-state index in [1.807, 2.05) is 18.2 Å².